The third-order valence-electron chi connectivity index (χ3n) is 2.67. The summed E-state index contributed by atoms with van der Waals surface area (Å²) < 4.78 is 6.44. The largest absolute Gasteiger partial charge is 0.481 e. The molecule has 0 saturated heterocycles. The summed E-state index contributed by atoms with van der Waals surface area (Å²) in [5, 5.41) is 9.68. The Kier molecular flexibility index (Phi) is 4.75. The van der Waals surface area contributed by atoms with E-state index < -0.39 is 5.97 Å². The molecule has 1 N–H and O–H groups in total. The van der Waals surface area contributed by atoms with E-state index in [0.717, 1.165) is 11.8 Å². The lowest BCUT2D eigenvalue weighted by molar-refractivity contribution is -0.133. The number of carboxylic acid groups (broad SMARTS) is 1. The Morgan fingerprint density at radius 2 is 2.20 bits per heavy atom. The van der Waals surface area contributed by atoms with Crippen molar-refractivity contribution in [3.8, 4) is 0 Å². The van der Waals surface area contributed by atoms with E-state index >= 15 is 0 Å². The van der Waals surface area contributed by atoms with Crippen molar-refractivity contribution in [1.29, 1.82) is 0 Å². The Hall–Kier alpha value is -1.86. The minimum atomic E-state index is -0.948. The number of rotatable bonds is 6. The minimum Gasteiger partial charge on any atom is -0.481 e. The highest BCUT2D eigenvalue weighted by molar-refractivity contribution is 7.99. The molecule has 0 spiro atoms. The average molecular weight is 294 g/mol. The lowest BCUT2D eigenvalue weighted by atomic mass is 10.2. The molecule has 7 heteroatoms. The van der Waals surface area contributed by atoms with Gasteiger partial charge < -0.3 is 9.84 Å². The van der Waals surface area contributed by atoms with Crippen molar-refractivity contribution in [2.24, 2.45) is 0 Å². The van der Waals surface area contributed by atoms with E-state index in [-0.39, 0.29) is 11.3 Å². The van der Waals surface area contributed by atoms with Crippen molar-refractivity contribution in [2.75, 3.05) is 19.5 Å². The normalized spacial score (nSPS) is 10.8. The molecule has 1 aromatic carbocycles. The van der Waals surface area contributed by atoms with Crippen LogP contribution in [0.25, 0.3) is 10.9 Å². The topological polar surface area (TPSA) is 81.4 Å². The lowest BCUT2D eigenvalue weighted by Gasteiger charge is -2.11. The zero-order valence-electron chi connectivity index (χ0n) is 10.9. The van der Waals surface area contributed by atoms with Crippen molar-refractivity contribution < 1.29 is 14.6 Å². The fourth-order valence-electron chi connectivity index (χ4n) is 1.76. The van der Waals surface area contributed by atoms with E-state index in [2.05, 4.69) is 4.98 Å². The number of nitrogens with zero attached hydrogens (tertiary/aromatic N) is 2. The summed E-state index contributed by atoms with van der Waals surface area (Å²) in [6.45, 7) is 0.704. The second kappa shape index (κ2) is 6.53. The van der Waals surface area contributed by atoms with Gasteiger partial charge in [-0.15, -0.1) is 0 Å². The maximum Gasteiger partial charge on any atom is 0.313 e. The number of hydrogen-bond acceptors (Lipinski definition) is 5. The number of thioether (sulfide) groups is 1. The van der Waals surface area contributed by atoms with Crippen molar-refractivity contribution >= 4 is 28.6 Å². The second-order valence-corrected chi connectivity index (χ2v) is 4.99. The average Bonchev–Trinajstić information content (AvgIpc) is 2.44. The van der Waals surface area contributed by atoms with Gasteiger partial charge >= 0.3 is 5.97 Å². The zero-order valence-corrected chi connectivity index (χ0v) is 11.7. The van der Waals surface area contributed by atoms with E-state index in [1.165, 1.54) is 4.57 Å². The van der Waals surface area contributed by atoms with Gasteiger partial charge in [0.05, 0.1) is 29.8 Å². The zero-order chi connectivity index (χ0) is 14.5. The summed E-state index contributed by atoms with van der Waals surface area (Å²) in [6.07, 6.45) is 0. The van der Waals surface area contributed by atoms with Crippen LogP contribution in [0.2, 0.25) is 0 Å². The molecule has 6 nitrogen and oxygen atoms in total. The van der Waals surface area contributed by atoms with Gasteiger partial charge in [0.1, 0.15) is 0 Å². The standard InChI is InChI=1S/C13H14N2O4S/c1-19-7-6-15-12(18)9-4-2-3-5-10(9)14-13(15)20-8-11(16)17/h2-5H,6-8H2,1H3,(H,16,17). The molecule has 0 unspecified atom stereocenters. The Bertz CT molecular complexity index is 684. The van der Waals surface area contributed by atoms with Crippen LogP contribution in [0.15, 0.2) is 34.2 Å². The molecule has 0 amide bonds. The van der Waals surface area contributed by atoms with Gasteiger partial charge in [-0.2, -0.15) is 0 Å². The Morgan fingerprint density at radius 3 is 2.90 bits per heavy atom. The van der Waals surface area contributed by atoms with Crippen molar-refractivity contribution in [1.82, 2.24) is 9.55 Å². The summed E-state index contributed by atoms with van der Waals surface area (Å²) in [5.74, 6) is -1.09. The van der Waals surface area contributed by atoms with E-state index in [9.17, 15) is 9.59 Å². The van der Waals surface area contributed by atoms with Gasteiger partial charge in [0.15, 0.2) is 5.16 Å². The molecular formula is C13H14N2O4S. The third-order valence-corrected chi connectivity index (χ3v) is 3.63. The van der Waals surface area contributed by atoms with Crippen LogP contribution in [0.3, 0.4) is 0 Å². The Morgan fingerprint density at radius 1 is 1.45 bits per heavy atom. The monoisotopic (exact) mass is 294 g/mol. The number of methoxy groups -OCH3 is 1. The quantitative estimate of drug-likeness (QED) is 0.637. The Balaban J connectivity index is 2.51. The summed E-state index contributed by atoms with van der Waals surface area (Å²) in [7, 11) is 1.55. The number of benzene rings is 1. The fraction of sp³-hybridized carbons (Fsp3) is 0.308. The summed E-state index contributed by atoms with van der Waals surface area (Å²) in [5.41, 5.74) is 0.389. The summed E-state index contributed by atoms with van der Waals surface area (Å²) in [4.78, 5) is 27.5. The molecule has 106 valence electrons. The second-order valence-electron chi connectivity index (χ2n) is 4.04. The number of carbonyl (C=O) groups is 1. The van der Waals surface area contributed by atoms with Gasteiger partial charge in [-0.25, -0.2) is 4.98 Å². The van der Waals surface area contributed by atoms with Crippen LogP contribution in [-0.4, -0.2) is 40.1 Å². The molecule has 1 aromatic heterocycles. The van der Waals surface area contributed by atoms with E-state index in [1.807, 2.05) is 0 Å². The fourth-order valence-corrected chi connectivity index (χ4v) is 2.51. The molecule has 0 atom stereocenters. The first-order valence-corrected chi connectivity index (χ1v) is 6.95. The predicted octanol–water partition coefficient (Wildman–Crippen LogP) is 1.22. The number of carboxylic acids is 1. The smallest absolute Gasteiger partial charge is 0.313 e. The molecule has 2 rings (SSSR count). The number of aliphatic carboxylic acids is 1. The number of aromatic nitrogens is 2. The maximum absolute atomic E-state index is 12.4. The van der Waals surface area contributed by atoms with Crippen molar-refractivity contribution in [3.63, 3.8) is 0 Å². The molecule has 20 heavy (non-hydrogen) atoms. The third kappa shape index (κ3) is 3.17. The molecule has 1 heterocycles. The molecule has 0 bridgehead atoms. The summed E-state index contributed by atoms with van der Waals surface area (Å²) >= 11 is 1.03. The van der Waals surface area contributed by atoms with Crippen LogP contribution in [0.4, 0.5) is 0 Å². The van der Waals surface area contributed by atoms with Crippen LogP contribution in [0.1, 0.15) is 0 Å². The van der Waals surface area contributed by atoms with Gasteiger partial charge in [-0.3, -0.25) is 14.2 Å². The SMILES string of the molecule is COCCn1c(SCC(=O)O)nc2ccccc2c1=O. The molecule has 2 aromatic rings. The van der Waals surface area contributed by atoms with Crippen LogP contribution >= 0.6 is 11.8 Å². The first-order chi connectivity index (χ1) is 9.63. The van der Waals surface area contributed by atoms with E-state index in [1.54, 1.807) is 31.4 Å². The highest BCUT2D eigenvalue weighted by Gasteiger charge is 2.12. The summed E-state index contributed by atoms with van der Waals surface area (Å²) in [6, 6.07) is 7.01. The first kappa shape index (κ1) is 14.5. The van der Waals surface area contributed by atoms with Crippen LogP contribution < -0.4 is 5.56 Å². The van der Waals surface area contributed by atoms with Gasteiger partial charge in [-0.05, 0) is 12.1 Å². The number of hydrogen-bond donors (Lipinski definition) is 1. The van der Waals surface area contributed by atoms with Crippen LogP contribution in [0.5, 0.6) is 0 Å². The number of ether oxygens (including phenoxy) is 1. The molecule has 0 aliphatic carbocycles. The van der Waals surface area contributed by atoms with Gasteiger partial charge in [0, 0.05) is 7.11 Å². The minimum absolute atomic E-state index is 0.141. The maximum atomic E-state index is 12.4. The molecule has 0 fully saturated rings. The number of fused-ring (bicyclic) bond motifs is 1. The van der Waals surface area contributed by atoms with Crippen LogP contribution in [-0.2, 0) is 16.1 Å². The molecule has 0 aliphatic rings. The van der Waals surface area contributed by atoms with Crippen molar-refractivity contribution in [3.05, 3.63) is 34.6 Å². The predicted molar refractivity (Wildman–Crippen MR) is 76.2 cm³/mol. The van der Waals surface area contributed by atoms with Gasteiger partial charge in [0.2, 0.25) is 0 Å². The van der Waals surface area contributed by atoms with Crippen LogP contribution in [0, 0.1) is 0 Å². The molecule has 0 saturated carbocycles. The molecular weight excluding hydrogens is 280 g/mol. The van der Waals surface area contributed by atoms with Crippen molar-refractivity contribution in [2.45, 2.75) is 11.7 Å². The first-order valence-electron chi connectivity index (χ1n) is 5.96. The highest BCUT2D eigenvalue weighted by Crippen LogP contribution is 2.17. The Labute approximate surface area is 119 Å². The number of para-hydroxylation sites is 1. The molecule has 0 radical (unpaired) electrons. The molecule has 0 aliphatic heterocycles. The lowest BCUT2D eigenvalue weighted by Crippen LogP contribution is -2.25. The van der Waals surface area contributed by atoms with Gasteiger partial charge in [0.25, 0.3) is 5.56 Å². The van der Waals surface area contributed by atoms with E-state index in [4.69, 9.17) is 9.84 Å². The van der Waals surface area contributed by atoms with Gasteiger partial charge in [-0.1, -0.05) is 23.9 Å². The van der Waals surface area contributed by atoms with E-state index in [0.29, 0.717) is 29.2 Å². The highest BCUT2D eigenvalue weighted by atomic mass is 32.2.